The molecule has 3 aromatic rings. The highest BCUT2D eigenvalue weighted by molar-refractivity contribution is 7.89. The van der Waals surface area contributed by atoms with Gasteiger partial charge < -0.3 is 0 Å². The van der Waals surface area contributed by atoms with Crippen LogP contribution in [0.3, 0.4) is 0 Å². The summed E-state index contributed by atoms with van der Waals surface area (Å²) < 4.78 is 63.2. The third-order valence-corrected chi connectivity index (χ3v) is 8.62. The molecule has 0 saturated carbocycles. The minimum atomic E-state index is -4.75. The van der Waals surface area contributed by atoms with E-state index in [1.807, 2.05) is 42.5 Å². The number of hydrogen-bond acceptors (Lipinski definition) is 5. The Bertz CT molecular complexity index is 1510. The number of alkyl halides is 3. The maximum Gasteiger partial charge on any atom is 0.404 e. The van der Waals surface area contributed by atoms with E-state index in [1.54, 1.807) is 0 Å². The van der Waals surface area contributed by atoms with E-state index < -0.39 is 27.5 Å². The molecule has 0 aliphatic carbocycles. The number of fused-ring (bicyclic) bond motifs is 1. The maximum absolute atomic E-state index is 12.5. The molecule has 39 heavy (non-hydrogen) atoms. The molecule has 2 atom stereocenters. The van der Waals surface area contributed by atoms with Crippen LogP contribution in [0.2, 0.25) is 0 Å². The topological polar surface area (TPSA) is 74.1 Å². The van der Waals surface area contributed by atoms with Gasteiger partial charge in [-0.1, -0.05) is 66.7 Å². The summed E-state index contributed by atoms with van der Waals surface area (Å²) >= 11 is 0. The number of rotatable bonds is 8. The fraction of sp³-hybridized carbons (Fsp3) is 0.379. The lowest BCUT2D eigenvalue weighted by Gasteiger charge is -2.33. The Labute approximate surface area is 226 Å². The third-order valence-electron chi connectivity index (χ3n) is 7.31. The van der Waals surface area contributed by atoms with Gasteiger partial charge in [-0.25, -0.2) is 13.1 Å². The predicted octanol–water partition coefficient (Wildman–Crippen LogP) is 3.58. The predicted molar refractivity (Wildman–Crippen MR) is 143 cm³/mol. The average Bonchev–Trinajstić information content (AvgIpc) is 2.91. The molecule has 0 spiro atoms. The molecule has 2 heterocycles. The van der Waals surface area contributed by atoms with Gasteiger partial charge in [0.1, 0.15) is 5.54 Å². The van der Waals surface area contributed by atoms with Crippen molar-refractivity contribution < 1.29 is 21.6 Å². The number of halogens is 3. The van der Waals surface area contributed by atoms with Gasteiger partial charge in [-0.15, -0.1) is 0 Å². The fourth-order valence-corrected chi connectivity index (χ4v) is 6.46. The summed E-state index contributed by atoms with van der Waals surface area (Å²) in [7, 11) is -4.39. The normalized spacial score (nSPS) is 22.0. The van der Waals surface area contributed by atoms with Crippen LogP contribution in [-0.4, -0.2) is 51.4 Å². The van der Waals surface area contributed by atoms with Gasteiger partial charge in [-0.3, -0.25) is 14.9 Å². The van der Waals surface area contributed by atoms with Crippen LogP contribution in [0.5, 0.6) is 0 Å². The Hall–Kier alpha value is -3.08. The summed E-state index contributed by atoms with van der Waals surface area (Å²) in [5, 5.41) is 1.75. The molecule has 0 bridgehead atoms. The van der Waals surface area contributed by atoms with Crippen LogP contribution in [-0.2, 0) is 22.1 Å². The van der Waals surface area contributed by atoms with Crippen molar-refractivity contribution in [1.29, 1.82) is 0 Å². The van der Waals surface area contributed by atoms with E-state index in [0.717, 1.165) is 46.8 Å². The van der Waals surface area contributed by atoms with Gasteiger partial charge >= 0.3 is 6.18 Å². The molecule has 1 N–H and O–H groups in total. The first kappa shape index (κ1) is 27.5. The van der Waals surface area contributed by atoms with Crippen LogP contribution >= 0.6 is 0 Å². The molecule has 2 aliphatic rings. The molecule has 0 amide bonds. The molecule has 2 unspecified atom stereocenters. The smallest absolute Gasteiger partial charge is 0.299 e. The van der Waals surface area contributed by atoms with Crippen LogP contribution in [0, 0.1) is 5.92 Å². The van der Waals surface area contributed by atoms with Crippen molar-refractivity contribution in [2.75, 3.05) is 31.9 Å². The van der Waals surface area contributed by atoms with Gasteiger partial charge in [-0.05, 0) is 54.1 Å². The molecule has 3 aromatic carbocycles. The number of nitrogens with zero attached hydrogens (tertiary/aromatic N) is 3. The quantitative estimate of drug-likeness (QED) is 0.461. The summed E-state index contributed by atoms with van der Waals surface area (Å²) in [6, 6.07) is 26.4. The molecule has 1 saturated heterocycles. The van der Waals surface area contributed by atoms with Crippen molar-refractivity contribution in [2.24, 2.45) is 15.9 Å². The number of benzene rings is 3. The molecular weight excluding hydrogens is 525 g/mol. The van der Waals surface area contributed by atoms with Crippen LogP contribution in [0.15, 0.2) is 88.8 Å². The lowest BCUT2D eigenvalue weighted by atomic mass is 9.82. The van der Waals surface area contributed by atoms with Crippen molar-refractivity contribution >= 4 is 10.0 Å². The first-order valence-electron chi connectivity index (χ1n) is 13.0. The maximum atomic E-state index is 12.5. The van der Waals surface area contributed by atoms with Gasteiger partial charge in [0.2, 0.25) is 10.0 Å². The molecule has 0 aromatic heterocycles. The zero-order valence-electron chi connectivity index (χ0n) is 21.4. The van der Waals surface area contributed by atoms with Gasteiger partial charge in [0, 0.05) is 19.6 Å². The average molecular weight is 557 g/mol. The minimum Gasteiger partial charge on any atom is -0.299 e. The second-order valence-corrected chi connectivity index (χ2v) is 12.1. The number of para-hydroxylation sites is 2. The Morgan fingerprint density at radius 2 is 1.59 bits per heavy atom. The lowest BCUT2D eigenvalue weighted by molar-refractivity contribution is -0.106. The second kappa shape index (κ2) is 11.2. The van der Waals surface area contributed by atoms with E-state index >= 15 is 0 Å². The van der Waals surface area contributed by atoms with Crippen molar-refractivity contribution in [3.8, 4) is 0 Å². The van der Waals surface area contributed by atoms with Crippen molar-refractivity contribution in [3.63, 3.8) is 0 Å². The van der Waals surface area contributed by atoms with Gasteiger partial charge in [-0.2, -0.15) is 13.2 Å². The van der Waals surface area contributed by atoms with E-state index in [0.29, 0.717) is 19.6 Å². The Morgan fingerprint density at radius 1 is 0.923 bits per heavy atom. The zero-order chi connectivity index (χ0) is 27.5. The number of nitrogens with one attached hydrogen (secondary N) is 1. The molecule has 206 valence electrons. The molecule has 10 heteroatoms. The molecular formula is C29H31F3N4O2S. The molecule has 1 fully saturated rings. The minimum absolute atomic E-state index is 0.0138. The SMILES string of the molecule is O=S(=O)(CC(F)(F)F)NCC1CCCN(Cc2ccc(C3(c4ccccc4)CN=c4ccccc4=N3)cc2)C1. The second-order valence-electron chi connectivity index (χ2n) is 10.3. The Balaban J connectivity index is 1.29. The summed E-state index contributed by atoms with van der Waals surface area (Å²) in [5.74, 6) is -1.89. The van der Waals surface area contributed by atoms with Crippen molar-refractivity contribution in [3.05, 3.63) is 106 Å². The van der Waals surface area contributed by atoms with E-state index in [2.05, 4.69) is 46.0 Å². The van der Waals surface area contributed by atoms with E-state index in [1.165, 1.54) is 0 Å². The van der Waals surface area contributed by atoms with Gasteiger partial charge in [0.05, 0.1) is 17.3 Å². The number of piperidine rings is 1. The number of likely N-dealkylation sites (tertiary alicyclic amines) is 1. The fourth-order valence-electron chi connectivity index (χ4n) is 5.44. The van der Waals surface area contributed by atoms with Crippen molar-refractivity contribution in [1.82, 2.24) is 9.62 Å². The van der Waals surface area contributed by atoms with E-state index in [-0.39, 0.29) is 12.5 Å². The van der Waals surface area contributed by atoms with Crippen LogP contribution in [0.1, 0.15) is 29.5 Å². The number of hydrogen-bond donors (Lipinski definition) is 1. The van der Waals surface area contributed by atoms with Gasteiger partial charge in [0.15, 0.2) is 5.75 Å². The van der Waals surface area contributed by atoms with E-state index in [9.17, 15) is 21.6 Å². The summed E-state index contributed by atoms with van der Waals surface area (Å²) in [6.07, 6.45) is -3.12. The van der Waals surface area contributed by atoms with Crippen LogP contribution in [0.25, 0.3) is 0 Å². The van der Waals surface area contributed by atoms with Gasteiger partial charge in [0.25, 0.3) is 0 Å². The largest absolute Gasteiger partial charge is 0.404 e. The van der Waals surface area contributed by atoms with Crippen LogP contribution < -0.4 is 15.4 Å². The Morgan fingerprint density at radius 3 is 2.31 bits per heavy atom. The van der Waals surface area contributed by atoms with Crippen LogP contribution in [0.4, 0.5) is 13.2 Å². The van der Waals surface area contributed by atoms with Crippen molar-refractivity contribution in [2.45, 2.75) is 31.1 Å². The summed E-state index contributed by atoms with van der Waals surface area (Å²) in [6.45, 7) is 2.67. The summed E-state index contributed by atoms with van der Waals surface area (Å²) in [5.41, 5.74) is 2.60. The molecule has 0 radical (unpaired) electrons. The monoisotopic (exact) mass is 556 g/mol. The lowest BCUT2D eigenvalue weighted by Crippen LogP contribution is -2.42. The molecule has 5 rings (SSSR count). The highest BCUT2D eigenvalue weighted by Crippen LogP contribution is 2.35. The summed E-state index contributed by atoms with van der Waals surface area (Å²) in [4.78, 5) is 12.3. The Kier molecular flexibility index (Phi) is 7.89. The standard InChI is InChI=1S/C29H31F3N4O2S/c30-29(31,32)21-39(37,38)34-17-23-7-6-16-36(19-23)18-22-12-14-25(15-13-22)28(24-8-2-1-3-9-24)20-33-26-10-4-5-11-27(26)35-28/h1-5,8-15,23,34H,6-7,16-21H2. The zero-order valence-corrected chi connectivity index (χ0v) is 22.3. The first-order valence-corrected chi connectivity index (χ1v) is 14.7. The number of sulfonamides is 1. The first-order chi connectivity index (χ1) is 18.6. The highest BCUT2D eigenvalue weighted by Gasteiger charge is 2.36. The highest BCUT2D eigenvalue weighted by atomic mass is 32.2. The third kappa shape index (κ3) is 6.74. The molecule has 2 aliphatic heterocycles. The molecule has 6 nitrogen and oxygen atoms in total. The van der Waals surface area contributed by atoms with E-state index in [4.69, 9.17) is 9.98 Å².